The molecule has 2 rings (SSSR count). The minimum Gasteiger partial charge on any atom is -0.493 e. The third-order valence-electron chi connectivity index (χ3n) is 3.17. The summed E-state index contributed by atoms with van der Waals surface area (Å²) in [5.41, 5.74) is 2.15. The molecule has 0 saturated heterocycles. The minimum absolute atomic E-state index is 0.600. The molecule has 1 N–H and O–H groups in total. The molecule has 5 heteroatoms. The van der Waals surface area contributed by atoms with Crippen molar-refractivity contribution >= 4 is 11.3 Å². The van der Waals surface area contributed by atoms with Crippen LogP contribution in [0.2, 0.25) is 0 Å². The molecule has 0 atom stereocenters. The normalized spacial score (nSPS) is 10.7. The molecule has 0 saturated carbocycles. The highest BCUT2D eigenvalue weighted by molar-refractivity contribution is 7.15. The molecular formula is C16H22N2O2S. The van der Waals surface area contributed by atoms with Crippen LogP contribution in [-0.2, 0) is 13.0 Å². The quantitative estimate of drug-likeness (QED) is 0.850. The summed E-state index contributed by atoms with van der Waals surface area (Å²) in [5, 5.41) is 4.19. The number of thiazole rings is 1. The van der Waals surface area contributed by atoms with E-state index < -0.39 is 0 Å². The van der Waals surface area contributed by atoms with Gasteiger partial charge in [-0.3, -0.25) is 0 Å². The maximum atomic E-state index is 5.78. The highest BCUT2D eigenvalue weighted by Gasteiger charge is 2.17. The first-order valence-corrected chi connectivity index (χ1v) is 8.00. The number of hydrogen-bond donors (Lipinski definition) is 1. The van der Waals surface area contributed by atoms with E-state index in [1.165, 1.54) is 4.88 Å². The Hall–Kier alpha value is -1.59. The summed E-state index contributed by atoms with van der Waals surface area (Å²) in [7, 11) is 3.61. The summed E-state index contributed by atoms with van der Waals surface area (Å²) in [6.45, 7) is 5.55. The molecule has 0 spiro atoms. The Balaban J connectivity index is 2.50. The fraction of sp³-hybridized carbons (Fsp3) is 0.438. The molecule has 0 fully saturated rings. The third-order valence-corrected chi connectivity index (χ3v) is 4.30. The van der Waals surface area contributed by atoms with E-state index in [0.29, 0.717) is 6.61 Å². The number of nitrogens with zero attached hydrogens (tertiary/aromatic N) is 1. The Morgan fingerprint density at radius 3 is 2.71 bits per heavy atom. The van der Waals surface area contributed by atoms with Crippen molar-refractivity contribution < 1.29 is 9.47 Å². The lowest BCUT2D eigenvalue weighted by Gasteiger charge is -2.12. The summed E-state index contributed by atoms with van der Waals surface area (Å²) in [6.07, 6.45) is 0.932. The number of benzene rings is 1. The summed E-state index contributed by atoms with van der Waals surface area (Å²) < 4.78 is 11.2. The van der Waals surface area contributed by atoms with Crippen molar-refractivity contribution in [1.82, 2.24) is 10.3 Å². The Kier molecular flexibility index (Phi) is 5.59. The Morgan fingerprint density at radius 1 is 1.29 bits per heavy atom. The molecule has 1 aromatic heterocycles. The summed E-state index contributed by atoms with van der Waals surface area (Å²) in [5.74, 6) is 1.52. The maximum Gasteiger partial charge on any atom is 0.171 e. The second-order valence-corrected chi connectivity index (χ2v) is 5.63. The van der Waals surface area contributed by atoms with Crippen molar-refractivity contribution in [2.24, 2.45) is 0 Å². The van der Waals surface area contributed by atoms with Gasteiger partial charge in [0, 0.05) is 11.4 Å². The Morgan fingerprint density at radius 2 is 2.10 bits per heavy atom. The first kappa shape index (κ1) is 15.8. The van der Waals surface area contributed by atoms with Crippen molar-refractivity contribution in [1.29, 1.82) is 0 Å². The zero-order valence-electron chi connectivity index (χ0n) is 13.0. The fourth-order valence-corrected chi connectivity index (χ4v) is 3.40. The molecule has 21 heavy (non-hydrogen) atoms. The largest absolute Gasteiger partial charge is 0.493 e. The second-order valence-electron chi connectivity index (χ2n) is 4.54. The van der Waals surface area contributed by atoms with Crippen LogP contribution < -0.4 is 14.8 Å². The van der Waals surface area contributed by atoms with E-state index in [1.807, 2.05) is 32.2 Å². The van der Waals surface area contributed by atoms with Crippen LogP contribution in [0.25, 0.3) is 10.6 Å². The smallest absolute Gasteiger partial charge is 0.171 e. The number of methoxy groups -OCH3 is 1. The van der Waals surface area contributed by atoms with E-state index in [-0.39, 0.29) is 0 Å². The number of para-hydroxylation sites is 1. The average Bonchev–Trinajstić information content (AvgIpc) is 2.91. The van der Waals surface area contributed by atoms with Gasteiger partial charge in [-0.2, -0.15) is 0 Å². The Bertz CT molecular complexity index is 596. The maximum absolute atomic E-state index is 5.78. The standard InChI is InChI=1S/C16H22N2O2S/c1-5-12-14(10-17-3)21-16(18-12)11-8-7-9-13(19-4)15(11)20-6-2/h7-9,17H,5-6,10H2,1-4H3. The van der Waals surface area contributed by atoms with Crippen LogP contribution in [-0.4, -0.2) is 25.7 Å². The molecule has 114 valence electrons. The van der Waals surface area contributed by atoms with Crippen molar-refractivity contribution in [2.45, 2.75) is 26.8 Å². The zero-order valence-corrected chi connectivity index (χ0v) is 13.8. The molecule has 0 aliphatic rings. The van der Waals surface area contributed by atoms with E-state index in [4.69, 9.17) is 14.5 Å². The lowest BCUT2D eigenvalue weighted by molar-refractivity contribution is 0.312. The number of hydrogen-bond acceptors (Lipinski definition) is 5. The van der Waals surface area contributed by atoms with Crippen LogP contribution in [0.4, 0.5) is 0 Å². The number of aromatic nitrogens is 1. The van der Waals surface area contributed by atoms with Crippen molar-refractivity contribution in [3.8, 4) is 22.1 Å². The molecule has 0 unspecified atom stereocenters. The fourth-order valence-electron chi connectivity index (χ4n) is 2.21. The highest BCUT2D eigenvalue weighted by atomic mass is 32.1. The van der Waals surface area contributed by atoms with Crippen LogP contribution in [0.3, 0.4) is 0 Å². The van der Waals surface area contributed by atoms with Gasteiger partial charge in [0.15, 0.2) is 11.5 Å². The molecule has 1 heterocycles. The molecule has 0 aliphatic heterocycles. The van der Waals surface area contributed by atoms with Gasteiger partial charge in [-0.15, -0.1) is 11.3 Å². The predicted molar refractivity (Wildman–Crippen MR) is 87.4 cm³/mol. The predicted octanol–water partition coefficient (Wildman–Crippen LogP) is 3.50. The summed E-state index contributed by atoms with van der Waals surface area (Å²) in [4.78, 5) is 6.06. The third kappa shape index (κ3) is 3.36. The monoisotopic (exact) mass is 306 g/mol. The minimum atomic E-state index is 0.600. The molecule has 2 aromatic rings. The average molecular weight is 306 g/mol. The van der Waals surface area contributed by atoms with Gasteiger partial charge in [-0.05, 0) is 32.5 Å². The van der Waals surface area contributed by atoms with E-state index in [1.54, 1.807) is 18.4 Å². The first-order valence-electron chi connectivity index (χ1n) is 7.18. The zero-order chi connectivity index (χ0) is 15.2. The van der Waals surface area contributed by atoms with Gasteiger partial charge < -0.3 is 14.8 Å². The van der Waals surface area contributed by atoms with Crippen LogP contribution in [0.5, 0.6) is 11.5 Å². The van der Waals surface area contributed by atoms with Crippen LogP contribution in [0, 0.1) is 0 Å². The second kappa shape index (κ2) is 7.43. The van der Waals surface area contributed by atoms with Gasteiger partial charge in [0.1, 0.15) is 5.01 Å². The topological polar surface area (TPSA) is 43.4 Å². The molecule has 0 aliphatic carbocycles. The van der Waals surface area contributed by atoms with Crippen molar-refractivity contribution in [3.05, 3.63) is 28.8 Å². The van der Waals surface area contributed by atoms with Gasteiger partial charge in [0.05, 0.1) is 25.0 Å². The molecule has 0 radical (unpaired) electrons. The molecule has 4 nitrogen and oxygen atoms in total. The van der Waals surface area contributed by atoms with Gasteiger partial charge in [0.25, 0.3) is 0 Å². The number of rotatable bonds is 7. The first-order chi connectivity index (χ1) is 10.2. The molecule has 1 aromatic carbocycles. The van der Waals surface area contributed by atoms with Gasteiger partial charge >= 0.3 is 0 Å². The molecule has 0 amide bonds. The highest BCUT2D eigenvalue weighted by Crippen LogP contribution is 2.40. The Labute approximate surface area is 130 Å². The number of ether oxygens (including phenoxy) is 2. The number of aryl methyl sites for hydroxylation is 1. The van der Waals surface area contributed by atoms with Crippen LogP contribution in [0.15, 0.2) is 18.2 Å². The van der Waals surface area contributed by atoms with Crippen molar-refractivity contribution in [3.63, 3.8) is 0 Å². The van der Waals surface area contributed by atoms with E-state index in [9.17, 15) is 0 Å². The van der Waals surface area contributed by atoms with E-state index in [0.717, 1.165) is 40.7 Å². The lowest BCUT2D eigenvalue weighted by atomic mass is 10.2. The molecule has 0 bridgehead atoms. The number of nitrogens with one attached hydrogen (secondary N) is 1. The van der Waals surface area contributed by atoms with Gasteiger partial charge in [-0.1, -0.05) is 13.0 Å². The summed E-state index contributed by atoms with van der Waals surface area (Å²) >= 11 is 1.71. The lowest BCUT2D eigenvalue weighted by Crippen LogP contribution is -2.05. The van der Waals surface area contributed by atoms with Gasteiger partial charge in [-0.25, -0.2) is 4.98 Å². The van der Waals surface area contributed by atoms with E-state index in [2.05, 4.69) is 12.2 Å². The molecular weight excluding hydrogens is 284 g/mol. The van der Waals surface area contributed by atoms with Crippen LogP contribution >= 0.6 is 11.3 Å². The van der Waals surface area contributed by atoms with E-state index >= 15 is 0 Å². The van der Waals surface area contributed by atoms with Crippen LogP contribution in [0.1, 0.15) is 24.4 Å². The SMILES string of the molecule is CCOc1c(OC)cccc1-c1nc(CC)c(CNC)s1. The van der Waals surface area contributed by atoms with Crippen molar-refractivity contribution in [2.75, 3.05) is 20.8 Å². The van der Waals surface area contributed by atoms with Gasteiger partial charge in [0.2, 0.25) is 0 Å². The summed E-state index contributed by atoms with van der Waals surface area (Å²) in [6, 6.07) is 5.92.